The van der Waals surface area contributed by atoms with E-state index >= 15 is 0 Å². The number of aromatic nitrogens is 1. The fourth-order valence-corrected chi connectivity index (χ4v) is 1.58. The fourth-order valence-electron chi connectivity index (χ4n) is 1.58. The van der Waals surface area contributed by atoms with E-state index in [2.05, 4.69) is 28.1 Å². The second kappa shape index (κ2) is 4.13. The van der Waals surface area contributed by atoms with Gasteiger partial charge in [0.25, 0.3) is 0 Å². The van der Waals surface area contributed by atoms with E-state index < -0.39 is 0 Å². The van der Waals surface area contributed by atoms with Crippen molar-refractivity contribution in [2.75, 3.05) is 19.0 Å². The molecule has 0 saturated heterocycles. The molecule has 2 aromatic rings. The van der Waals surface area contributed by atoms with Crippen LogP contribution in [0, 0.1) is 0 Å². The van der Waals surface area contributed by atoms with Crippen LogP contribution in [0.5, 0.6) is 0 Å². The van der Waals surface area contributed by atoms with Gasteiger partial charge in [0.2, 0.25) is 0 Å². The van der Waals surface area contributed by atoms with Gasteiger partial charge in [-0.25, -0.2) is 0 Å². The first-order chi connectivity index (χ1) is 7.29. The van der Waals surface area contributed by atoms with Crippen LogP contribution in [0.25, 0.3) is 11.3 Å². The number of benzene rings is 1. The van der Waals surface area contributed by atoms with Crippen molar-refractivity contribution in [3.63, 3.8) is 0 Å². The zero-order valence-corrected chi connectivity index (χ0v) is 9.01. The predicted octanol–water partition coefficient (Wildman–Crippen LogP) is 2.81. The fraction of sp³-hybridized carbons (Fsp3) is 0.154. The Morgan fingerprint density at radius 2 is 1.67 bits per heavy atom. The highest BCUT2D eigenvalue weighted by atomic mass is 15.1. The number of anilines is 1. The minimum absolute atomic E-state index is 1.03. The Morgan fingerprint density at radius 3 is 2.33 bits per heavy atom. The summed E-state index contributed by atoms with van der Waals surface area (Å²) in [5.41, 5.74) is 3.33. The van der Waals surface area contributed by atoms with Gasteiger partial charge < -0.3 is 4.90 Å². The lowest BCUT2D eigenvalue weighted by atomic mass is 10.1. The number of rotatable bonds is 2. The molecule has 0 aliphatic carbocycles. The lowest BCUT2D eigenvalue weighted by molar-refractivity contribution is 1.11. The summed E-state index contributed by atoms with van der Waals surface area (Å²) in [6.45, 7) is 0. The molecule has 0 aliphatic heterocycles. The van der Waals surface area contributed by atoms with Gasteiger partial charge in [-0.05, 0) is 12.1 Å². The van der Waals surface area contributed by atoms with Gasteiger partial charge >= 0.3 is 0 Å². The van der Waals surface area contributed by atoms with E-state index in [1.54, 1.807) is 0 Å². The first-order valence-corrected chi connectivity index (χ1v) is 4.97. The Hall–Kier alpha value is -1.83. The van der Waals surface area contributed by atoms with Gasteiger partial charge in [-0.15, -0.1) is 0 Å². The summed E-state index contributed by atoms with van der Waals surface area (Å²) in [4.78, 5) is 6.51. The molecule has 0 bridgehead atoms. The Balaban J connectivity index is 2.53. The lowest BCUT2D eigenvalue weighted by Crippen LogP contribution is -2.10. The van der Waals surface area contributed by atoms with Crippen molar-refractivity contribution < 1.29 is 0 Å². The van der Waals surface area contributed by atoms with E-state index in [1.165, 1.54) is 0 Å². The van der Waals surface area contributed by atoms with Gasteiger partial charge in [-0.3, -0.25) is 4.98 Å². The summed E-state index contributed by atoms with van der Waals surface area (Å²) in [7, 11) is 4.06. The molecule has 1 aromatic carbocycles. The minimum atomic E-state index is 1.03. The van der Waals surface area contributed by atoms with E-state index in [0.717, 1.165) is 16.9 Å². The Labute approximate surface area is 90.2 Å². The van der Waals surface area contributed by atoms with Crippen molar-refractivity contribution in [3.05, 3.63) is 48.7 Å². The van der Waals surface area contributed by atoms with Crippen LogP contribution in [0.3, 0.4) is 0 Å². The van der Waals surface area contributed by atoms with Crippen LogP contribution < -0.4 is 4.90 Å². The largest absolute Gasteiger partial charge is 0.376 e. The molecule has 0 N–H and O–H groups in total. The third kappa shape index (κ3) is 1.99. The van der Waals surface area contributed by atoms with Crippen molar-refractivity contribution >= 4 is 5.69 Å². The van der Waals surface area contributed by atoms with Gasteiger partial charge in [0.05, 0.1) is 11.4 Å². The van der Waals surface area contributed by atoms with Crippen molar-refractivity contribution in [3.8, 4) is 11.3 Å². The number of hydrogen-bond donors (Lipinski definition) is 0. The van der Waals surface area contributed by atoms with E-state index in [9.17, 15) is 0 Å². The Kier molecular flexibility index (Phi) is 2.68. The SMILES string of the molecule is CN(C)c1cccnc1-c1ccccc1. The molecule has 0 radical (unpaired) electrons. The first kappa shape index (κ1) is 9.71. The molecule has 0 aliphatic rings. The van der Waals surface area contributed by atoms with Gasteiger partial charge in [0.15, 0.2) is 0 Å². The minimum Gasteiger partial charge on any atom is -0.376 e. The van der Waals surface area contributed by atoms with Crippen LogP contribution in [-0.4, -0.2) is 19.1 Å². The van der Waals surface area contributed by atoms with Crippen LogP contribution in [0.4, 0.5) is 5.69 Å². The molecule has 0 spiro atoms. The standard InChI is InChI=1S/C13H14N2/c1-15(2)12-9-6-10-14-13(12)11-7-4-3-5-8-11/h3-10H,1-2H3. The van der Waals surface area contributed by atoms with Crippen LogP contribution in [0.15, 0.2) is 48.7 Å². The van der Waals surface area contributed by atoms with Gasteiger partial charge in [-0.2, -0.15) is 0 Å². The average molecular weight is 198 g/mol. The first-order valence-electron chi connectivity index (χ1n) is 4.97. The second-order valence-corrected chi connectivity index (χ2v) is 3.63. The van der Waals surface area contributed by atoms with Crippen molar-refractivity contribution in [1.29, 1.82) is 0 Å². The van der Waals surface area contributed by atoms with Crippen LogP contribution in [0.2, 0.25) is 0 Å². The van der Waals surface area contributed by atoms with E-state index in [0.29, 0.717) is 0 Å². The molecule has 2 heteroatoms. The molecule has 2 nitrogen and oxygen atoms in total. The summed E-state index contributed by atoms with van der Waals surface area (Å²) < 4.78 is 0. The summed E-state index contributed by atoms with van der Waals surface area (Å²) in [5, 5.41) is 0. The van der Waals surface area contributed by atoms with Gasteiger partial charge in [0.1, 0.15) is 0 Å². The number of pyridine rings is 1. The smallest absolute Gasteiger partial charge is 0.0935 e. The van der Waals surface area contributed by atoms with Crippen molar-refractivity contribution in [2.45, 2.75) is 0 Å². The molecule has 1 heterocycles. The maximum absolute atomic E-state index is 4.43. The molecule has 15 heavy (non-hydrogen) atoms. The highest BCUT2D eigenvalue weighted by Gasteiger charge is 2.06. The van der Waals surface area contributed by atoms with Gasteiger partial charge in [-0.1, -0.05) is 30.3 Å². The second-order valence-electron chi connectivity index (χ2n) is 3.63. The van der Waals surface area contributed by atoms with Crippen molar-refractivity contribution in [2.24, 2.45) is 0 Å². The van der Waals surface area contributed by atoms with Crippen LogP contribution in [0.1, 0.15) is 0 Å². The summed E-state index contributed by atoms with van der Waals surface area (Å²) >= 11 is 0. The summed E-state index contributed by atoms with van der Waals surface area (Å²) in [6.07, 6.45) is 1.83. The average Bonchev–Trinajstić information content (AvgIpc) is 2.30. The topological polar surface area (TPSA) is 16.1 Å². The highest BCUT2D eigenvalue weighted by molar-refractivity contribution is 5.74. The molecule has 0 amide bonds. The highest BCUT2D eigenvalue weighted by Crippen LogP contribution is 2.26. The van der Waals surface area contributed by atoms with E-state index in [1.807, 2.05) is 44.6 Å². The molecule has 1 aromatic heterocycles. The van der Waals surface area contributed by atoms with Crippen LogP contribution in [-0.2, 0) is 0 Å². The van der Waals surface area contributed by atoms with Crippen LogP contribution >= 0.6 is 0 Å². The zero-order valence-electron chi connectivity index (χ0n) is 9.01. The predicted molar refractivity (Wildman–Crippen MR) is 64.0 cm³/mol. The number of nitrogens with zero attached hydrogens (tertiary/aromatic N) is 2. The lowest BCUT2D eigenvalue weighted by Gasteiger charge is -2.16. The molecule has 0 atom stereocenters. The molecular weight excluding hydrogens is 184 g/mol. The van der Waals surface area contributed by atoms with E-state index in [4.69, 9.17) is 0 Å². The van der Waals surface area contributed by atoms with E-state index in [-0.39, 0.29) is 0 Å². The monoisotopic (exact) mass is 198 g/mol. The Morgan fingerprint density at radius 1 is 0.933 bits per heavy atom. The molecule has 0 saturated carbocycles. The summed E-state index contributed by atoms with van der Waals surface area (Å²) in [6, 6.07) is 14.3. The number of hydrogen-bond acceptors (Lipinski definition) is 2. The molecule has 0 unspecified atom stereocenters. The molecule has 2 rings (SSSR count). The molecule has 0 fully saturated rings. The Bertz CT molecular complexity index is 435. The maximum Gasteiger partial charge on any atom is 0.0935 e. The van der Waals surface area contributed by atoms with Gasteiger partial charge in [0, 0.05) is 25.9 Å². The van der Waals surface area contributed by atoms with Crippen molar-refractivity contribution in [1.82, 2.24) is 4.98 Å². The quantitative estimate of drug-likeness (QED) is 0.737. The summed E-state index contributed by atoms with van der Waals surface area (Å²) in [5.74, 6) is 0. The third-order valence-electron chi connectivity index (χ3n) is 2.32. The maximum atomic E-state index is 4.43. The molecule has 76 valence electrons. The zero-order chi connectivity index (χ0) is 10.7. The normalized spacial score (nSPS) is 10.0. The molecular formula is C13H14N2. The third-order valence-corrected chi connectivity index (χ3v) is 2.32.